The van der Waals surface area contributed by atoms with E-state index in [2.05, 4.69) is 6.08 Å². The zero-order valence-corrected chi connectivity index (χ0v) is 12.4. The molecule has 110 valence electrons. The zero-order chi connectivity index (χ0) is 14.4. The first-order valence-electron chi connectivity index (χ1n) is 7.31. The van der Waals surface area contributed by atoms with E-state index in [-0.39, 0.29) is 6.61 Å². The number of methoxy groups -OCH3 is 2. The first-order valence-corrected chi connectivity index (χ1v) is 7.31. The lowest BCUT2D eigenvalue weighted by Crippen LogP contribution is -2.11. The maximum Gasteiger partial charge on any atom is 0.123 e. The van der Waals surface area contributed by atoms with Gasteiger partial charge in [-0.2, -0.15) is 0 Å². The quantitative estimate of drug-likeness (QED) is 0.892. The van der Waals surface area contributed by atoms with E-state index in [1.807, 2.05) is 18.2 Å². The first kappa shape index (κ1) is 14.9. The molecule has 20 heavy (non-hydrogen) atoms. The Hall–Kier alpha value is -1.48. The second-order valence-corrected chi connectivity index (χ2v) is 5.36. The van der Waals surface area contributed by atoms with Crippen molar-refractivity contribution in [2.24, 2.45) is 5.92 Å². The minimum Gasteiger partial charge on any atom is -0.497 e. The highest BCUT2D eigenvalue weighted by Gasteiger charge is 2.17. The minimum atomic E-state index is 0.129. The topological polar surface area (TPSA) is 38.7 Å². The highest BCUT2D eigenvalue weighted by molar-refractivity contribution is 5.58. The fourth-order valence-electron chi connectivity index (χ4n) is 2.89. The van der Waals surface area contributed by atoms with Gasteiger partial charge in [0, 0.05) is 6.07 Å². The van der Waals surface area contributed by atoms with Crippen LogP contribution in [0.1, 0.15) is 37.7 Å². The Kier molecular flexibility index (Phi) is 5.48. The molecule has 0 aliphatic heterocycles. The Bertz CT molecular complexity index is 437. The average molecular weight is 276 g/mol. The zero-order valence-electron chi connectivity index (χ0n) is 12.4. The number of hydrogen-bond donors (Lipinski definition) is 1. The van der Waals surface area contributed by atoms with E-state index in [0.717, 1.165) is 22.6 Å². The summed E-state index contributed by atoms with van der Waals surface area (Å²) in [5, 5.41) is 9.66. The Morgan fingerprint density at radius 1 is 1.10 bits per heavy atom. The third-order valence-electron chi connectivity index (χ3n) is 4.04. The van der Waals surface area contributed by atoms with Gasteiger partial charge in [0.25, 0.3) is 0 Å². The third-order valence-corrected chi connectivity index (χ3v) is 4.04. The molecule has 1 aromatic carbocycles. The smallest absolute Gasteiger partial charge is 0.123 e. The van der Waals surface area contributed by atoms with Gasteiger partial charge in [-0.25, -0.2) is 0 Å². The number of hydrogen-bond acceptors (Lipinski definition) is 3. The van der Waals surface area contributed by atoms with Crippen LogP contribution in [0.4, 0.5) is 0 Å². The summed E-state index contributed by atoms with van der Waals surface area (Å²) in [6, 6.07) is 5.80. The van der Waals surface area contributed by atoms with Crippen LogP contribution in [0.5, 0.6) is 11.5 Å². The van der Waals surface area contributed by atoms with Crippen LogP contribution in [-0.2, 0) is 0 Å². The summed E-state index contributed by atoms with van der Waals surface area (Å²) in [6.07, 6.45) is 8.32. The summed E-state index contributed by atoms with van der Waals surface area (Å²) < 4.78 is 10.6. The van der Waals surface area contributed by atoms with Crippen LogP contribution in [-0.4, -0.2) is 25.9 Å². The van der Waals surface area contributed by atoms with Crippen molar-refractivity contribution in [1.29, 1.82) is 0 Å². The van der Waals surface area contributed by atoms with Gasteiger partial charge in [0.05, 0.1) is 20.8 Å². The number of ether oxygens (including phenoxy) is 2. The molecule has 1 aromatic rings. The van der Waals surface area contributed by atoms with E-state index in [4.69, 9.17) is 9.47 Å². The van der Waals surface area contributed by atoms with Gasteiger partial charge in [-0.05, 0) is 42.0 Å². The molecular formula is C17H24O3. The molecular weight excluding hydrogens is 252 g/mol. The van der Waals surface area contributed by atoms with Crippen molar-refractivity contribution < 1.29 is 14.6 Å². The van der Waals surface area contributed by atoms with E-state index in [9.17, 15) is 5.11 Å². The molecule has 0 atom stereocenters. The molecule has 1 aliphatic rings. The number of benzene rings is 1. The van der Waals surface area contributed by atoms with E-state index in [1.165, 1.54) is 32.1 Å². The Labute approximate surface area is 121 Å². The fraction of sp³-hybridized carbons (Fsp3) is 0.529. The van der Waals surface area contributed by atoms with Crippen LogP contribution in [0, 0.1) is 5.92 Å². The molecule has 0 spiro atoms. The Balaban J connectivity index is 2.25. The van der Waals surface area contributed by atoms with E-state index < -0.39 is 0 Å². The summed E-state index contributed by atoms with van der Waals surface area (Å²) >= 11 is 0. The van der Waals surface area contributed by atoms with Crippen molar-refractivity contribution in [1.82, 2.24) is 0 Å². The van der Waals surface area contributed by atoms with Crippen molar-refractivity contribution in [3.8, 4) is 11.5 Å². The molecule has 2 rings (SSSR count). The standard InChI is InChI=1S/C17H24O3/c1-19-16-9-13(10-17(11-16)20-2)8-15(12-18)14-6-4-3-5-7-14/h8-11,14,18H,3-7,12H2,1-2H3/b15-8-. The van der Waals surface area contributed by atoms with E-state index in [0.29, 0.717) is 5.92 Å². The van der Waals surface area contributed by atoms with Gasteiger partial charge in [0.1, 0.15) is 11.5 Å². The molecule has 0 aromatic heterocycles. The number of aliphatic hydroxyl groups is 1. The maximum absolute atomic E-state index is 9.66. The SMILES string of the molecule is COc1cc(/C=C(/CO)C2CCCCC2)cc(OC)c1. The third kappa shape index (κ3) is 3.76. The molecule has 3 nitrogen and oxygen atoms in total. The van der Waals surface area contributed by atoms with E-state index in [1.54, 1.807) is 14.2 Å². The van der Waals surface area contributed by atoms with Crippen molar-refractivity contribution in [2.75, 3.05) is 20.8 Å². The molecule has 3 heteroatoms. The molecule has 0 heterocycles. The normalized spacial score (nSPS) is 17.1. The minimum absolute atomic E-state index is 0.129. The molecule has 0 unspecified atom stereocenters. The molecule has 0 radical (unpaired) electrons. The summed E-state index contributed by atoms with van der Waals surface area (Å²) in [5.74, 6) is 2.07. The van der Waals surface area contributed by atoms with Gasteiger partial charge in [0.2, 0.25) is 0 Å². The highest BCUT2D eigenvalue weighted by atomic mass is 16.5. The summed E-state index contributed by atoms with van der Waals surface area (Å²) in [6.45, 7) is 0.129. The van der Waals surface area contributed by atoms with Gasteiger partial charge in [0.15, 0.2) is 0 Å². The van der Waals surface area contributed by atoms with Crippen molar-refractivity contribution in [3.05, 3.63) is 29.3 Å². The summed E-state index contributed by atoms with van der Waals surface area (Å²) in [7, 11) is 3.30. The van der Waals surface area contributed by atoms with Gasteiger partial charge in [-0.3, -0.25) is 0 Å². The summed E-state index contributed by atoms with van der Waals surface area (Å²) in [5.41, 5.74) is 2.15. The number of aliphatic hydroxyl groups excluding tert-OH is 1. The number of rotatable bonds is 5. The van der Waals surface area contributed by atoms with Crippen molar-refractivity contribution >= 4 is 6.08 Å². The Morgan fingerprint density at radius 2 is 1.70 bits per heavy atom. The Morgan fingerprint density at radius 3 is 2.20 bits per heavy atom. The molecule has 1 fully saturated rings. The van der Waals surface area contributed by atoms with E-state index >= 15 is 0 Å². The van der Waals surface area contributed by atoms with Gasteiger partial charge in [-0.1, -0.05) is 25.3 Å². The monoisotopic (exact) mass is 276 g/mol. The molecule has 0 saturated heterocycles. The highest BCUT2D eigenvalue weighted by Crippen LogP contribution is 2.32. The lowest BCUT2D eigenvalue weighted by atomic mass is 9.83. The second kappa shape index (κ2) is 7.34. The van der Waals surface area contributed by atoms with Crippen LogP contribution < -0.4 is 9.47 Å². The predicted molar refractivity (Wildman–Crippen MR) is 81.2 cm³/mol. The predicted octanol–water partition coefficient (Wildman–Crippen LogP) is 3.66. The van der Waals surface area contributed by atoms with Crippen molar-refractivity contribution in [3.63, 3.8) is 0 Å². The molecule has 0 bridgehead atoms. The molecule has 1 saturated carbocycles. The van der Waals surface area contributed by atoms with Crippen LogP contribution in [0.15, 0.2) is 23.8 Å². The largest absolute Gasteiger partial charge is 0.497 e. The lowest BCUT2D eigenvalue weighted by Gasteiger charge is -2.23. The molecule has 1 aliphatic carbocycles. The lowest BCUT2D eigenvalue weighted by molar-refractivity contribution is 0.295. The first-order chi connectivity index (χ1) is 9.76. The van der Waals surface area contributed by atoms with Crippen LogP contribution in [0.25, 0.3) is 6.08 Å². The average Bonchev–Trinajstić information content (AvgIpc) is 2.53. The molecule has 1 N–H and O–H groups in total. The van der Waals surface area contributed by atoms with Crippen LogP contribution in [0.2, 0.25) is 0 Å². The second-order valence-electron chi connectivity index (χ2n) is 5.36. The van der Waals surface area contributed by atoms with Gasteiger partial charge in [-0.15, -0.1) is 0 Å². The summed E-state index contributed by atoms with van der Waals surface area (Å²) in [4.78, 5) is 0. The van der Waals surface area contributed by atoms with Crippen LogP contribution in [0.3, 0.4) is 0 Å². The van der Waals surface area contributed by atoms with Gasteiger partial charge >= 0.3 is 0 Å². The van der Waals surface area contributed by atoms with Crippen molar-refractivity contribution in [2.45, 2.75) is 32.1 Å². The van der Waals surface area contributed by atoms with Crippen LogP contribution >= 0.6 is 0 Å². The maximum atomic E-state index is 9.66. The fourth-order valence-corrected chi connectivity index (χ4v) is 2.89. The molecule has 0 amide bonds. The van der Waals surface area contributed by atoms with Gasteiger partial charge < -0.3 is 14.6 Å².